The van der Waals surface area contributed by atoms with Crippen LogP contribution in [-0.2, 0) is 13.0 Å². The minimum absolute atomic E-state index is 0.789. The Hall–Kier alpha value is -2.33. The third-order valence-corrected chi connectivity index (χ3v) is 5.83. The number of likely N-dealkylation sites (tertiary alicyclic amines) is 1. The Labute approximate surface area is 154 Å². The molecule has 4 heterocycles. The quantitative estimate of drug-likeness (QED) is 0.771. The second kappa shape index (κ2) is 6.44. The van der Waals surface area contributed by atoms with Gasteiger partial charge in [0.2, 0.25) is 0 Å². The molecular formula is C22H26N4. The molecule has 134 valence electrons. The number of anilines is 1. The largest absolute Gasteiger partial charge is 0.384 e. The van der Waals surface area contributed by atoms with Crippen molar-refractivity contribution < 1.29 is 0 Å². The van der Waals surface area contributed by atoms with Crippen molar-refractivity contribution >= 4 is 11.3 Å². The van der Waals surface area contributed by atoms with Crippen LogP contribution >= 0.6 is 0 Å². The van der Waals surface area contributed by atoms with Crippen LogP contribution in [0, 0.1) is 5.92 Å². The van der Waals surface area contributed by atoms with Crippen molar-refractivity contribution in [3.05, 3.63) is 53.9 Å². The summed E-state index contributed by atoms with van der Waals surface area (Å²) in [5.41, 5.74) is 7.45. The van der Waals surface area contributed by atoms with Gasteiger partial charge in [0.25, 0.3) is 0 Å². The van der Waals surface area contributed by atoms with Crippen molar-refractivity contribution in [1.82, 2.24) is 14.3 Å². The molecule has 4 heteroatoms. The molecule has 1 saturated heterocycles. The van der Waals surface area contributed by atoms with Crippen LogP contribution in [0.5, 0.6) is 0 Å². The number of fused-ring (bicyclic) bond motifs is 2. The van der Waals surface area contributed by atoms with Crippen molar-refractivity contribution in [3.63, 3.8) is 0 Å². The summed E-state index contributed by atoms with van der Waals surface area (Å²) in [4.78, 5) is 7.61. The predicted molar refractivity (Wildman–Crippen MR) is 106 cm³/mol. The van der Waals surface area contributed by atoms with Gasteiger partial charge in [-0.25, -0.2) is 4.98 Å². The fourth-order valence-corrected chi connectivity index (χ4v) is 4.52. The van der Waals surface area contributed by atoms with Crippen LogP contribution in [0.25, 0.3) is 16.9 Å². The highest BCUT2D eigenvalue weighted by molar-refractivity contribution is 5.71. The lowest BCUT2D eigenvalue weighted by Crippen LogP contribution is -2.34. The first-order valence-corrected chi connectivity index (χ1v) is 9.83. The Morgan fingerprint density at radius 3 is 3.12 bits per heavy atom. The molecule has 0 radical (unpaired) electrons. The fourth-order valence-electron chi connectivity index (χ4n) is 4.52. The van der Waals surface area contributed by atoms with E-state index in [1.807, 2.05) is 0 Å². The molecule has 2 aromatic heterocycles. The molecule has 26 heavy (non-hydrogen) atoms. The minimum Gasteiger partial charge on any atom is -0.384 e. The van der Waals surface area contributed by atoms with Crippen LogP contribution in [0.15, 0.2) is 42.6 Å². The van der Waals surface area contributed by atoms with Gasteiger partial charge < -0.3 is 9.72 Å². The first-order chi connectivity index (χ1) is 12.8. The number of hydrogen-bond acceptors (Lipinski definition) is 3. The highest BCUT2D eigenvalue weighted by Crippen LogP contribution is 2.31. The summed E-state index contributed by atoms with van der Waals surface area (Å²) < 4.78 is 2.28. The van der Waals surface area contributed by atoms with Crippen LogP contribution < -0.4 is 5.32 Å². The van der Waals surface area contributed by atoms with Crippen molar-refractivity contribution in [2.75, 3.05) is 25.0 Å². The number of aromatic nitrogens is 2. The summed E-state index contributed by atoms with van der Waals surface area (Å²) >= 11 is 0. The van der Waals surface area contributed by atoms with E-state index >= 15 is 0 Å². The third kappa shape index (κ3) is 2.78. The molecule has 0 aliphatic carbocycles. The van der Waals surface area contributed by atoms with E-state index in [-0.39, 0.29) is 0 Å². The van der Waals surface area contributed by atoms with E-state index in [4.69, 9.17) is 4.98 Å². The second-order valence-corrected chi connectivity index (χ2v) is 7.87. The van der Waals surface area contributed by atoms with E-state index in [0.717, 1.165) is 36.8 Å². The number of hydrogen-bond donors (Lipinski definition) is 1. The van der Waals surface area contributed by atoms with Crippen molar-refractivity contribution in [1.29, 1.82) is 0 Å². The number of pyridine rings is 1. The van der Waals surface area contributed by atoms with Crippen LogP contribution in [0.1, 0.15) is 31.0 Å². The van der Waals surface area contributed by atoms with Gasteiger partial charge in [-0.1, -0.05) is 19.1 Å². The van der Waals surface area contributed by atoms with Gasteiger partial charge in [-0.2, -0.15) is 0 Å². The number of nitrogens with zero attached hydrogens (tertiary/aromatic N) is 3. The predicted octanol–water partition coefficient (Wildman–Crippen LogP) is 4.20. The van der Waals surface area contributed by atoms with Gasteiger partial charge in [0.05, 0.1) is 11.4 Å². The molecule has 3 aromatic rings. The summed E-state index contributed by atoms with van der Waals surface area (Å²) in [7, 11) is 0. The highest BCUT2D eigenvalue weighted by atomic mass is 15.2. The number of benzene rings is 1. The van der Waals surface area contributed by atoms with E-state index in [0.29, 0.717) is 0 Å². The molecule has 1 aromatic carbocycles. The van der Waals surface area contributed by atoms with Crippen LogP contribution in [0.4, 0.5) is 5.69 Å². The summed E-state index contributed by atoms with van der Waals surface area (Å²) in [6.45, 7) is 6.77. The number of imidazole rings is 1. The molecule has 0 amide bonds. The fraction of sp³-hybridized carbons (Fsp3) is 0.409. The topological polar surface area (TPSA) is 32.6 Å². The van der Waals surface area contributed by atoms with Gasteiger partial charge in [-0.05, 0) is 61.6 Å². The maximum Gasteiger partial charge on any atom is 0.137 e. The molecule has 1 fully saturated rings. The van der Waals surface area contributed by atoms with E-state index in [2.05, 4.69) is 64.1 Å². The maximum absolute atomic E-state index is 5.01. The lowest BCUT2D eigenvalue weighted by atomic mass is 9.99. The van der Waals surface area contributed by atoms with Gasteiger partial charge >= 0.3 is 0 Å². The first kappa shape index (κ1) is 15.9. The molecule has 5 rings (SSSR count). The third-order valence-electron chi connectivity index (χ3n) is 5.83. The summed E-state index contributed by atoms with van der Waals surface area (Å²) in [6, 6.07) is 13.1. The van der Waals surface area contributed by atoms with E-state index in [9.17, 15) is 0 Å². The van der Waals surface area contributed by atoms with Gasteiger partial charge in [0, 0.05) is 37.1 Å². The molecule has 1 N–H and O–H groups in total. The number of nitrogens with one attached hydrogen (secondary N) is 1. The molecular weight excluding hydrogens is 320 g/mol. The molecule has 0 bridgehead atoms. The molecule has 1 unspecified atom stereocenters. The molecule has 0 saturated carbocycles. The van der Waals surface area contributed by atoms with Crippen molar-refractivity contribution in [2.45, 2.75) is 32.7 Å². The molecule has 0 spiro atoms. The highest BCUT2D eigenvalue weighted by Gasteiger charge is 2.22. The Morgan fingerprint density at radius 2 is 2.19 bits per heavy atom. The minimum atomic E-state index is 0.789. The standard InChI is InChI=1S/C22H26N4/c1-16-5-4-11-25(14-16)15-20-22(24-21-6-2-3-12-26(20)21)18-7-8-19-17(13-18)9-10-23-19/h2-3,6-8,12-13,16,23H,4-5,9-11,14-15H2,1H3. The molecule has 4 nitrogen and oxygen atoms in total. The summed E-state index contributed by atoms with van der Waals surface area (Å²) in [5, 5.41) is 3.46. The first-order valence-electron chi connectivity index (χ1n) is 9.83. The van der Waals surface area contributed by atoms with Crippen molar-refractivity contribution in [3.8, 4) is 11.3 Å². The van der Waals surface area contributed by atoms with Gasteiger partial charge in [0.1, 0.15) is 5.65 Å². The van der Waals surface area contributed by atoms with Crippen LogP contribution in [0.3, 0.4) is 0 Å². The van der Waals surface area contributed by atoms with Crippen LogP contribution in [0.2, 0.25) is 0 Å². The van der Waals surface area contributed by atoms with Gasteiger partial charge in [0.15, 0.2) is 0 Å². The average Bonchev–Trinajstić information content (AvgIpc) is 3.26. The molecule has 2 aliphatic rings. The number of piperidine rings is 1. The smallest absolute Gasteiger partial charge is 0.137 e. The number of rotatable bonds is 3. The van der Waals surface area contributed by atoms with E-state index in [1.54, 1.807) is 0 Å². The lowest BCUT2D eigenvalue weighted by molar-refractivity contribution is 0.174. The van der Waals surface area contributed by atoms with Gasteiger partial charge in [-0.15, -0.1) is 0 Å². The Bertz CT molecular complexity index is 942. The van der Waals surface area contributed by atoms with Crippen LogP contribution in [-0.4, -0.2) is 33.9 Å². The summed E-state index contributed by atoms with van der Waals surface area (Å²) in [5.74, 6) is 0.789. The Balaban J connectivity index is 1.58. The zero-order valence-corrected chi connectivity index (χ0v) is 15.4. The SMILES string of the molecule is CC1CCCN(Cc2c(-c3ccc4c(c3)CCN4)nc3ccccn23)C1. The second-order valence-electron chi connectivity index (χ2n) is 7.87. The van der Waals surface area contributed by atoms with E-state index < -0.39 is 0 Å². The lowest BCUT2D eigenvalue weighted by Gasteiger charge is -2.30. The zero-order chi connectivity index (χ0) is 17.5. The Kier molecular flexibility index (Phi) is 3.93. The molecule has 1 atom stereocenters. The monoisotopic (exact) mass is 346 g/mol. The zero-order valence-electron chi connectivity index (χ0n) is 15.4. The van der Waals surface area contributed by atoms with E-state index in [1.165, 1.54) is 48.4 Å². The van der Waals surface area contributed by atoms with Gasteiger partial charge in [-0.3, -0.25) is 4.90 Å². The molecule has 2 aliphatic heterocycles. The van der Waals surface area contributed by atoms with Crippen molar-refractivity contribution in [2.24, 2.45) is 5.92 Å². The normalized spacial score (nSPS) is 20.3. The maximum atomic E-state index is 5.01. The summed E-state index contributed by atoms with van der Waals surface area (Å²) in [6.07, 6.45) is 5.92. The average molecular weight is 346 g/mol. The Morgan fingerprint density at radius 1 is 1.23 bits per heavy atom.